The first kappa shape index (κ1) is 24.1. The van der Waals surface area contributed by atoms with Crippen LogP contribution in [0.3, 0.4) is 0 Å². The van der Waals surface area contributed by atoms with Gasteiger partial charge in [0.05, 0.1) is 30.6 Å². The van der Waals surface area contributed by atoms with Crippen LogP contribution in [0, 0.1) is 5.41 Å². The fourth-order valence-electron chi connectivity index (χ4n) is 2.88. The lowest BCUT2D eigenvalue weighted by molar-refractivity contribution is -0.274. The van der Waals surface area contributed by atoms with Gasteiger partial charge in [0, 0.05) is 0 Å². The van der Waals surface area contributed by atoms with Gasteiger partial charge in [0.2, 0.25) is 5.91 Å². The number of hydrogen-bond acceptors (Lipinski definition) is 4. The van der Waals surface area contributed by atoms with Crippen LogP contribution in [-0.2, 0) is 9.53 Å². The monoisotopic (exact) mass is 451 g/mol. The summed E-state index contributed by atoms with van der Waals surface area (Å²) < 4.78 is 109. The molecule has 2 atom stereocenters. The highest BCUT2D eigenvalue weighted by molar-refractivity contribution is 5.77. The third-order valence-electron chi connectivity index (χ3n) is 4.59. The zero-order valence-corrected chi connectivity index (χ0v) is 15.1. The SMILES string of the molecule is O=C(C[C@H](O)C1(C(F)(F)F)CC1)N[C@@H](COC(F)F)c1cccc(OC(F)(F)F)c1. The zero-order valence-electron chi connectivity index (χ0n) is 15.1. The number of halogens is 8. The van der Waals surface area contributed by atoms with Crippen molar-refractivity contribution in [2.45, 2.75) is 50.6 Å². The van der Waals surface area contributed by atoms with Crippen molar-refractivity contribution in [3.8, 4) is 5.75 Å². The van der Waals surface area contributed by atoms with Gasteiger partial charge in [-0.3, -0.25) is 4.79 Å². The van der Waals surface area contributed by atoms with Gasteiger partial charge in [-0.05, 0) is 30.5 Å². The molecular formula is C17H17F8NO4. The molecule has 0 heterocycles. The first-order chi connectivity index (χ1) is 13.7. The number of aliphatic hydroxyl groups excluding tert-OH is 1. The van der Waals surface area contributed by atoms with Gasteiger partial charge in [-0.25, -0.2) is 0 Å². The van der Waals surface area contributed by atoms with E-state index in [0.717, 1.165) is 18.2 Å². The molecule has 1 aromatic carbocycles. The maximum atomic E-state index is 13.0. The summed E-state index contributed by atoms with van der Waals surface area (Å²) in [7, 11) is 0. The third kappa shape index (κ3) is 6.42. The van der Waals surface area contributed by atoms with E-state index in [-0.39, 0.29) is 18.4 Å². The minimum Gasteiger partial charge on any atom is -0.406 e. The van der Waals surface area contributed by atoms with Crippen LogP contribution in [0.25, 0.3) is 0 Å². The van der Waals surface area contributed by atoms with Crippen molar-refractivity contribution < 1.29 is 54.5 Å². The van der Waals surface area contributed by atoms with Crippen LogP contribution in [0.15, 0.2) is 24.3 Å². The molecule has 1 aliphatic carbocycles. The van der Waals surface area contributed by atoms with Crippen LogP contribution in [0.4, 0.5) is 35.1 Å². The van der Waals surface area contributed by atoms with E-state index in [1.54, 1.807) is 0 Å². The summed E-state index contributed by atoms with van der Waals surface area (Å²) in [5, 5.41) is 11.9. The van der Waals surface area contributed by atoms with Crippen molar-refractivity contribution >= 4 is 5.91 Å². The molecule has 0 saturated heterocycles. The van der Waals surface area contributed by atoms with E-state index in [2.05, 4.69) is 14.8 Å². The van der Waals surface area contributed by atoms with Gasteiger partial charge in [-0.15, -0.1) is 13.2 Å². The summed E-state index contributed by atoms with van der Waals surface area (Å²) in [5.41, 5.74) is -2.53. The van der Waals surface area contributed by atoms with Gasteiger partial charge < -0.3 is 19.9 Å². The Morgan fingerprint density at radius 3 is 2.30 bits per heavy atom. The number of ether oxygens (including phenoxy) is 2. The van der Waals surface area contributed by atoms with Crippen molar-refractivity contribution in [1.82, 2.24) is 5.32 Å². The van der Waals surface area contributed by atoms with Crippen LogP contribution >= 0.6 is 0 Å². The number of amides is 1. The van der Waals surface area contributed by atoms with E-state index >= 15 is 0 Å². The fourth-order valence-corrected chi connectivity index (χ4v) is 2.88. The van der Waals surface area contributed by atoms with Crippen molar-refractivity contribution in [3.63, 3.8) is 0 Å². The molecule has 0 unspecified atom stereocenters. The van der Waals surface area contributed by atoms with Crippen LogP contribution in [-0.4, -0.2) is 42.9 Å². The Bertz CT molecular complexity index is 733. The summed E-state index contributed by atoms with van der Waals surface area (Å²) in [5.74, 6) is -1.83. The largest absolute Gasteiger partial charge is 0.573 e. The van der Waals surface area contributed by atoms with Gasteiger partial charge in [0.25, 0.3) is 0 Å². The van der Waals surface area contributed by atoms with E-state index in [1.165, 1.54) is 6.07 Å². The first-order valence-corrected chi connectivity index (χ1v) is 8.53. The molecule has 0 radical (unpaired) electrons. The number of carbonyl (C=O) groups excluding carboxylic acids is 1. The molecule has 1 saturated carbocycles. The standard InChI is InChI=1S/C17H17F8NO4/c18-14(19)29-8-11(9-2-1-3-10(6-9)30-17(23,24)25)26-13(28)7-12(27)15(4-5-15)16(20,21)22/h1-3,6,11-12,14,27H,4-5,7-8H2,(H,26,28)/t11-,12-/m0/s1. The number of nitrogens with one attached hydrogen (secondary N) is 1. The number of benzene rings is 1. The topological polar surface area (TPSA) is 67.8 Å². The number of rotatable bonds is 9. The molecule has 0 aliphatic heterocycles. The van der Waals surface area contributed by atoms with Crippen LogP contribution in [0.2, 0.25) is 0 Å². The Morgan fingerprint density at radius 2 is 1.80 bits per heavy atom. The van der Waals surface area contributed by atoms with Gasteiger partial charge in [0.15, 0.2) is 0 Å². The van der Waals surface area contributed by atoms with Gasteiger partial charge >= 0.3 is 19.2 Å². The maximum absolute atomic E-state index is 13.0. The molecule has 170 valence electrons. The number of hydrogen-bond donors (Lipinski definition) is 2. The Morgan fingerprint density at radius 1 is 1.17 bits per heavy atom. The lowest BCUT2D eigenvalue weighted by atomic mass is 9.95. The molecule has 1 fully saturated rings. The lowest BCUT2D eigenvalue weighted by Crippen LogP contribution is -2.41. The van der Waals surface area contributed by atoms with Crippen molar-refractivity contribution in [2.75, 3.05) is 6.61 Å². The highest BCUT2D eigenvalue weighted by Gasteiger charge is 2.67. The highest BCUT2D eigenvalue weighted by Crippen LogP contribution is 2.60. The van der Waals surface area contributed by atoms with Gasteiger partial charge in [-0.1, -0.05) is 12.1 Å². The van der Waals surface area contributed by atoms with E-state index in [4.69, 9.17) is 0 Å². The maximum Gasteiger partial charge on any atom is 0.573 e. The predicted molar refractivity (Wildman–Crippen MR) is 84.3 cm³/mol. The van der Waals surface area contributed by atoms with Crippen LogP contribution < -0.4 is 10.1 Å². The predicted octanol–water partition coefficient (Wildman–Crippen LogP) is 4.08. The smallest absolute Gasteiger partial charge is 0.406 e. The molecule has 0 aromatic heterocycles. The average molecular weight is 451 g/mol. The molecule has 5 nitrogen and oxygen atoms in total. The average Bonchev–Trinajstić information content (AvgIpc) is 3.38. The minimum atomic E-state index is -5.03. The van der Waals surface area contributed by atoms with Gasteiger partial charge in [0.1, 0.15) is 5.75 Å². The highest BCUT2D eigenvalue weighted by atomic mass is 19.4. The van der Waals surface area contributed by atoms with E-state index in [9.17, 15) is 45.0 Å². The molecule has 2 rings (SSSR count). The second-order valence-electron chi connectivity index (χ2n) is 6.71. The molecule has 0 bridgehead atoms. The molecule has 13 heteroatoms. The molecule has 1 aromatic rings. The Hall–Kier alpha value is -2.15. The third-order valence-corrected chi connectivity index (χ3v) is 4.59. The second-order valence-corrected chi connectivity index (χ2v) is 6.71. The van der Waals surface area contributed by atoms with Crippen molar-refractivity contribution in [2.24, 2.45) is 5.41 Å². The quantitative estimate of drug-likeness (QED) is 0.556. The van der Waals surface area contributed by atoms with Gasteiger partial charge in [-0.2, -0.15) is 22.0 Å². The van der Waals surface area contributed by atoms with Crippen LogP contribution in [0.1, 0.15) is 30.9 Å². The Kier molecular flexibility index (Phi) is 7.17. The Labute approximate surface area is 164 Å². The summed E-state index contributed by atoms with van der Waals surface area (Å²) in [6, 6.07) is 2.57. The van der Waals surface area contributed by atoms with Crippen molar-refractivity contribution in [1.29, 1.82) is 0 Å². The van der Waals surface area contributed by atoms with Crippen molar-refractivity contribution in [3.05, 3.63) is 29.8 Å². The molecule has 1 amide bonds. The zero-order chi connectivity index (χ0) is 22.7. The number of carbonyl (C=O) groups is 1. The minimum absolute atomic E-state index is 0.128. The normalized spacial score (nSPS) is 18.1. The summed E-state index contributed by atoms with van der Waals surface area (Å²) in [4.78, 5) is 12.1. The lowest BCUT2D eigenvalue weighted by Gasteiger charge is -2.26. The number of alkyl halides is 8. The fraction of sp³-hybridized carbons (Fsp3) is 0.588. The number of aliphatic hydroxyl groups is 1. The first-order valence-electron chi connectivity index (χ1n) is 8.53. The summed E-state index contributed by atoms with van der Waals surface area (Å²) in [6.45, 7) is -4.16. The molecule has 2 N–H and O–H groups in total. The van der Waals surface area contributed by atoms with E-state index in [0.29, 0.717) is 0 Å². The molecular weight excluding hydrogens is 434 g/mol. The van der Waals surface area contributed by atoms with Crippen LogP contribution in [0.5, 0.6) is 5.75 Å². The Balaban J connectivity index is 2.11. The second kappa shape index (κ2) is 8.92. The molecule has 0 spiro atoms. The summed E-state index contributed by atoms with van der Waals surface area (Å²) in [6.07, 6.45) is -13.5. The van der Waals surface area contributed by atoms with E-state index < -0.39 is 61.4 Å². The molecule has 1 aliphatic rings. The summed E-state index contributed by atoms with van der Waals surface area (Å²) >= 11 is 0. The molecule has 30 heavy (non-hydrogen) atoms. The van der Waals surface area contributed by atoms with E-state index in [1.807, 2.05) is 0 Å².